The summed E-state index contributed by atoms with van der Waals surface area (Å²) < 4.78 is 29.0. The van der Waals surface area contributed by atoms with Gasteiger partial charge in [0, 0.05) is 0 Å². The van der Waals surface area contributed by atoms with Crippen LogP contribution >= 0.6 is 7.82 Å². The standard InChI is InChI=1S/C18H23O5P/c1-16(19)12-13-21-24(20,22-14-17-8-4-2-5-9-17)23-15-18-10-6-3-7-11-18/h2-11,16,19H,12-15H2,1H3/t16-/m1/s1. The van der Waals surface area contributed by atoms with Crippen LogP contribution < -0.4 is 0 Å². The minimum absolute atomic E-state index is 0.0958. The van der Waals surface area contributed by atoms with Crippen molar-refractivity contribution >= 4 is 7.82 Å². The Morgan fingerprint density at radius 3 is 1.75 bits per heavy atom. The summed E-state index contributed by atoms with van der Waals surface area (Å²) in [5.41, 5.74) is 1.75. The molecule has 2 rings (SSSR count). The van der Waals surface area contributed by atoms with Gasteiger partial charge in [-0.05, 0) is 24.5 Å². The van der Waals surface area contributed by atoms with E-state index in [2.05, 4.69) is 0 Å². The summed E-state index contributed by atoms with van der Waals surface area (Å²) in [6.07, 6.45) is -0.186. The molecule has 0 amide bonds. The summed E-state index contributed by atoms with van der Waals surface area (Å²) in [5.74, 6) is 0. The van der Waals surface area contributed by atoms with Crippen molar-refractivity contribution in [3.8, 4) is 0 Å². The summed E-state index contributed by atoms with van der Waals surface area (Å²) in [5, 5.41) is 9.31. The van der Waals surface area contributed by atoms with Crippen LogP contribution in [0.25, 0.3) is 0 Å². The minimum Gasteiger partial charge on any atom is -0.393 e. The largest absolute Gasteiger partial charge is 0.475 e. The number of phosphoric ester groups is 1. The molecule has 0 saturated carbocycles. The number of hydrogen-bond acceptors (Lipinski definition) is 5. The van der Waals surface area contributed by atoms with Gasteiger partial charge in [-0.25, -0.2) is 4.57 Å². The lowest BCUT2D eigenvalue weighted by Gasteiger charge is -2.18. The van der Waals surface area contributed by atoms with E-state index in [4.69, 9.17) is 13.6 Å². The van der Waals surface area contributed by atoms with Crippen molar-refractivity contribution in [1.29, 1.82) is 0 Å². The highest BCUT2D eigenvalue weighted by Crippen LogP contribution is 2.51. The molecule has 1 atom stereocenters. The molecule has 0 aliphatic carbocycles. The summed E-state index contributed by atoms with van der Waals surface area (Å²) >= 11 is 0. The van der Waals surface area contributed by atoms with Crippen molar-refractivity contribution in [3.05, 3.63) is 71.8 Å². The maximum atomic E-state index is 12.8. The summed E-state index contributed by atoms with van der Waals surface area (Å²) in [6, 6.07) is 18.8. The topological polar surface area (TPSA) is 65.0 Å². The Kier molecular flexibility index (Phi) is 7.63. The lowest BCUT2D eigenvalue weighted by atomic mass is 10.2. The molecule has 5 nitrogen and oxygen atoms in total. The molecular weight excluding hydrogens is 327 g/mol. The van der Waals surface area contributed by atoms with Crippen LogP contribution in [0.5, 0.6) is 0 Å². The van der Waals surface area contributed by atoms with Crippen molar-refractivity contribution in [3.63, 3.8) is 0 Å². The molecule has 0 fully saturated rings. The Bertz CT molecular complexity index is 583. The van der Waals surface area contributed by atoms with Crippen LogP contribution in [0.3, 0.4) is 0 Å². The Labute approximate surface area is 142 Å². The van der Waals surface area contributed by atoms with Gasteiger partial charge in [-0.3, -0.25) is 13.6 Å². The maximum Gasteiger partial charge on any atom is 0.475 e. The van der Waals surface area contributed by atoms with Crippen molar-refractivity contribution < 1.29 is 23.2 Å². The highest BCUT2D eigenvalue weighted by atomic mass is 31.2. The van der Waals surface area contributed by atoms with Gasteiger partial charge in [0.05, 0.1) is 25.9 Å². The van der Waals surface area contributed by atoms with Crippen LogP contribution in [0.2, 0.25) is 0 Å². The minimum atomic E-state index is -3.72. The van der Waals surface area contributed by atoms with E-state index >= 15 is 0 Å². The molecule has 1 N–H and O–H groups in total. The highest BCUT2D eigenvalue weighted by Gasteiger charge is 2.27. The fourth-order valence-electron chi connectivity index (χ4n) is 1.90. The van der Waals surface area contributed by atoms with Crippen LogP contribution in [0.4, 0.5) is 0 Å². The zero-order chi connectivity index (χ0) is 17.3. The first kappa shape index (κ1) is 18.8. The average molecular weight is 350 g/mol. The molecule has 6 heteroatoms. The number of benzene rings is 2. The third-order valence-electron chi connectivity index (χ3n) is 3.25. The molecule has 0 aliphatic rings. The second-order valence-electron chi connectivity index (χ2n) is 5.44. The van der Waals surface area contributed by atoms with Crippen molar-refractivity contribution in [2.24, 2.45) is 0 Å². The Hall–Kier alpha value is -1.49. The first-order valence-corrected chi connectivity index (χ1v) is 9.33. The van der Waals surface area contributed by atoms with Gasteiger partial charge in [0.25, 0.3) is 0 Å². The van der Waals surface area contributed by atoms with Gasteiger partial charge in [0.2, 0.25) is 0 Å². The molecule has 0 bridgehead atoms. The molecule has 0 radical (unpaired) electrons. The molecular formula is C18H23O5P. The monoisotopic (exact) mass is 350 g/mol. The van der Waals surface area contributed by atoms with Crippen LogP contribution in [-0.2, 0) is 31.4 Å². The van der Waals surface area contributed by atoms with Gasteiger partial charge in [0.1, 0.15) is 0 Å². The molecule has 24 heavy (non-hydrogen) atoms. The molecule has 130 valence electrons. The number of aliphatic hydroxyl groups excluding tert-OH is 1. The molecule has 0 unspecified atom stereocenters. The van der Waals surface area contributed by atoms with Gasteiger partial charge in [-0.1, -0.05) is 60.7 Å². The van der Waals surface area contributed by atoms with Gasteiger partial charge < -0.3 is 5.11 Å². The fourth-order valence-corrected chi connectivity index (χ4v) is 3.07. The van der Waals surface area contributed by atoms with Crippen LogP contribution in [0, 0.1) is 0 Å². The second-order valence-corrected chi connectivity index (χ2v) is 7.11. The van der Waals surface area contributed by atoms with Gasteiger partial charge >= 0.3 is 7.82 Å². The third-order valence-corrected chi connectivity index (χ3v) is 4.64. The molecule has 2 aromatic carbocycles. The molecule has 2 aromatic rings. The second kappa shape index (κ2) is 9.72. The van der Waals surface area contributed by atoms with Gasteiger partial charge in [-0.2, -0.15) is 0 Å². The van der Waals surface area contributed by atoms with E-state index in [1.807, 2.05) is 60.7 Å². The van der Waals surface area contributed by atoms with Gasteiger partial charge in [0.15, 0.2) is 0 Å². The van der Waals surface area contributed by atoms with E-state index in [-0.39, 0.29) is 19.8 Å². The first-order chi connectivity index (χ1) is 11.6. The highest BCUT2D eigenvalue weighted by molar-refractivity contribution is 7.48. The van der Waals surface area contributed by atoms with Crippen molar-refractivity contribution in [2.75, 3.05) is 6.61 Å². The summed E-state index contributed by atoms with van der Waals surface area (Å²) in [7, 11) is -3.72. The smallest absolute Gasteiger partial charge is 0.393 e. The van der Waals surface area contributed by atoms with Crippen molar-refractivity contribution in [1.82, 2.24) is 0 Å². The van der Waals surface area contributed by atoms with E-state index in [9.17, 15) is 9.67 Å². The Morgan fingerprint density at radius 1 is 0.875 bits per heavy atom. The van der Waals surface area contributed by atoms with Crippen LogP contribution in [-0.4, -0.2) is 17.8 Å². The number of aliphatic hydroxyl groups is 1. The fraction of sp³-hybridized carbons (Fsp3) is 0.333. The lowest BCUT2D eigenvalue weighted by Crippen LogP contribution is -2.07. The third kappa shape index (κ3) is 6.95. The van der Waals surface area contributed by atoms with E-state index in [1.165, 1.54) is 0 Å². The van der Waals surface area contributed by atoms with E-state index in [0.717, 1.165) is 11.1 Å². The summed E-state index contributed by atoms with van der Waals surface area (Å²) in [6.45, 7) is 1.99. The SMILES string of the molecule is C[C@@H](O)CCOP(=O)(OCc1ccccc1)OCc1ccccc1. The van der Waals surface area contributed by atoms with Crippen molar-refractivity contribution in [2.45, 2.75) is 32.7 Å². The molecule has 0 aromatic heterocycles. The quantitative estimate of drug-likeness (QED) is 0.647. The Balaban J connectivity index is 1.95. The zero-order valence-corrected chi connectivity index (χ0v) is 14.6. The van der Waals surface area contributed by atoms with Crippen LogP contribution in [0.1, 0.15) is 24.5 Å². The average Bonchev–Trinajstić information content (AvgIpc) is 2.60. The molecule has 0 saturated heterocycles. The number of hydrogen-bond donors (Lipinski definition) is 1. The van der Waals surface area contributed by atoms with E-state index in [0.29, 0.717) is 6.42 Å². The molecule has 0 spiro atoms. The Morgan fingerprint density at radius 2 is 1.33 bits per heavy atom. The number of rotatable bonds is 10. The molecule has 0 aliphatic heterocycles. The van der Waals surface area contributed by atoms with Gasteiger partial charge in [-0.15, -0.1) is 0 Å². The summed E-state index contributed by atoms with van der Waals surface area (Å²) in [4.78, 5) is 0. The maximum absolute atomic E-state index is 12.8. The zero-order valence-electron chi connectivity index (χ0n) is 13.7. The van der Waals surface area contributed by atoms with E-state index < -0.39 is 13.9 Å². The lowest BCUT2D eigenvalue weighted by molar-refractivity contribution is 0.0870. The number of phosphoric acid groups is 1. The molecule has 0 heterocycles. The predicted molar refractivity (Wildman–Crippen MR) is 92.3 cm³/mol. The first-order valence-electron chi connectivity index (χ1n) is 7.87. The van der Waals surface area contributed by atoms with Crippen LogP contribution in [0.15, 0.2) is 60.7 Å². The normalized spacial score (nSPS) is 12.9. The van der Waals surface area contributed by atoms with E-state index in [1.54, 1.807) is 6.92 Å². The predicted octanol–water partition coefficient (Wildman–Crippen LogP) is 4.32.